The number of non-ortho nitro benzene ring substituents is 1. The van der Waals surface area contributed by atoms with E-state index in [1.165, 1.54) is 47.7 Å². The summed E-state index contributed by atoms with van der Waals surface area (Å²) in [5.74, 6) is -0.235. The molecule has 0 radical (unpaired) electrons. The highest BCUT2D eigenvalue weighted by molar-refractivity contribution is 7.99. The Balaban J connectivity index is 1.32. The van der Waals surface area contributed by atoms with Gasteiger partial charge >= 0.3 is 6.61 Å². The molecule has 2 heterocycles. The average Bonchev–Trinajstić information content (AvgIpc) is 3.48. The molecule has 10 nitrogen and oxygen atoms in total. The van der Waals surface area contributed by atoms with Crippen molar-refractivity contribution in [2.24, 2.45) is 0 Å². The van der Waals surface area contributed by atoms with E-state index in [-0.39, 0.29) is 34.2 Å². The molecule has 0 saturated carbocycles. The summed E-state index contributed by atoms with van der Waals surface area (Å²) in [5.41, 5.74) is 1.52. The summed E-state index contributed by atoms with van der Waals surface area (Å²) in [6.45, 7) is -2.92. The van der Waals surface area contributed by atoms with Crippen molar-refractivity contribution in [1.82, 2.24) is 15.2 Å². The molecule has 0 spiro atoms. The molecule has 1 amide bonds. The first-order chi connectivity index (χ1) is 16.4. The highest BCUT2D eigenvalue weighted by Gasteiger charge is 2.14. The van der Waals surface area contributed by atoms with Gasteiger partial charge in [-0.3, -0.25) is 14.9 Å². The molecule has 0 bridgehead atoms. The van der Waals surface area contributed by atoms with Crippen LogP contribution in [0.3, 0.4) is 0 Å². The van der Waals surface area contributed by atoms with E-state index < -0.39 is 11.5 Å². The number of hydrogen-bond acceptors (Lipinski definition) is 10. The summed E-state index contributed by atoms with van der Waals surface area (Å²) < 4.78 is 34.2. The monoisotopic (exact) mass is 505 g/mol. The van der Waals surface area contributed by atoms with Gasteiger partial charge in [0.1, 0.15) is 5.75 Å². The highest BCUT2D eigenvalue weighted by atomic mass is 32.2. The maximum atomic E-state index is 12.3. The second-order valence-corrected chi connectivity index (χ2v) is 8.24. The fraction of sp³-hybridized carbons (Fsp3) is 0.100. The number of carbonyl (C=O) groups is 1. The first kappa shape index (κ1) is 23.3. The number of carbonyl (C=O) groups excluding carboxylic acids is 1. The van der Waals surface area contributed by atoms with E-state index in [1.54, 1.807) is 17.5 Å². The van der Waals surface area contributed by atoms with Crippen LogP contribution in [0.5, 0.6) is 5.75 Å². The lowest BCUT2D eigenvalue weighted by molar-refractivity contribution is -0.384. The van der Waals surface area contributed by atoms with Crippen molar-refractivity contribution in [2.45, 2.75) is 11.8 Å². The summed E-state index contributed by atoms with van der Waals surface area (Å²) in [6, 6.07) is 11.7. The number of anilines is 1. The molecule has 2 aromatic carbocycles. The number of nitro groups is 1. The molecule has 0 unspecified atom stereocenters. The number of halogens is 2. The van der Waals surface area contributed by atoms with Crippen molar-refractivity contribution in [1.29, 1.82) is 0 Å². The van der Waals surface area contributed by atoms with E-state index in [4.69, 9.17) is 4.42 Å². The molecule has 0 aliphatic carbocycles. The van der Waals surface area contributed by atoms with Gasteiger partial charge in [0.15, 0.2) is 5.13 Å². The Morgan fingerprint density at radius 3 is 2.74 bits per heavy atom. The Bertz CT molecular complexity index is 1310. The number of alkyl halides is 2. The van der Waals surface area contributed by atoms with Gasteiger partial charge in [0, 0.05) is 28.6 Å². The predicted molar refractivity (Wildman–Crippen MR) is 120 cm³/mol. The Labute approximate surface area is 198 Å². The van der Waals surface area contributed by atoms with Crippen LogP contribution in [0.2, 0.25) is 0 Å². The van der Waals surface area contributed by atoms with Crippen LogP contribution in [0.4, 0.5) is 19.6 Å². The fourth-order valence-corrected chi connectivity index (χ4v) is 3.99. The fourth-order valence-electron chi connectivity index (χ4n) is 2.69. The van der Waals surface area contributed by atoms with Gasteiger partial charge in [0.2, 0.25) is 11.8 Å². The van der Waals surface area contributed by atoms with Gasteiger partial charge in [-0.05, 0) is 24.3 Å². The van der Waals surface area contributed by atoms with Gasteiger partial charge in [-0.25, -0.2) is 4.98 Å². The summed E-state index contributed by atoms with van der Waals surface area (Å²) in [6.07, 6.45) is 0. The van der Waals surface area contributed by atoms with Crippen molar-refractivity contribution in [3.63, 3.8) is 0 Å². The van der Waals surface area contributed by atoms with Crippen LogP contribution in [0.15, 0.2) is 63.6 Å². The maximum Gasteiger partial charge on any atom is 0.387 e. The number of thioether (sulfide) groups is 1. The van der Waals surface area contributed by atoms with Gasteiger partial charge < -0.3 is 14.5 Å². The van der Waals surface area contributed by atoms with Crippen molar-refractivity contribution in [2.75, 3.05) is 11.1 Å². The Kier molecular flexibility index (Phi) is 7.08. The normalized spacial score (nSPS) is 10.9. The highest BCUT2D eigenvalue weighted by Crippen LogP contribution is 2.28. The molecule has 1 N–H and O–H groups in total. The van der Waals surface area contributed by atoms with Crippen LogP contribution >= 0.6 is 23.1 Å². The standard InChI is InChI=1S/C20H13F2N5O5S2/c21-18(22)31-14-6-4-11(5-7-14)17-25-26-20(32-17)34-10-16(28)24-19-23-15(9-33-19)12-2-1-3-13(8-12)27(29)30/h1-9,18H,10H2,(H,23,24,28). The molecule has 0 aliphatic rings. The third kappa shape index (κ3) is 5.90. The number of thiazole rings is 1. The van der Waals surface area contributed by atoms with Crippen LogP contribution in [0, 0.1) is 10.1 Å². The Morgan fingerprint density at radius 1 is 1.21 bits per heavy atom. The zero-order chi connectivity index (χ0) is 24.1. The van der Waals surface area contributed by atoms with Crippen LogP contribution in [-0.2, 0) is 4.79 Å². The third-order valence-corrected chi connectivity index (χ3v) is 5.74. The topological polar surface area (TPSA) is 133 Å². The van der Waals surface area contributed by atoms with E-state index in [0.29, 0.717) is 22.0 Å². The molecular formula is C20H13F2N5O5S2. The smallest absolute Gasteiger partial charge is 0.387 e. The zero-order valence-electron chi connectivity index (χ0n) is 16.9. The number of nitrogens with one attached hydrogen (secondary N) is 1. The van der Waals surface area contributed by atoms with E-state index in [2.05, 4.69) is 25.2 Å². The molecular weight excluding hydrogens is 492 g/mol. The van der Waals surface area contributed by atoms with Crippen molar-refractivity contribution >= 4 is 39.8 Å². The third-order valence-electron chi connectivity index (χ3n) is 4.16. The van der Waals surface area contributed by atoms with Gasteiger partial charge in [0.05, 0.1) is 16.4 Å². The van der Waals surface area contributed by atoms with Gasteiger partial charge in [0.25, 0.3) is 10.9 Å². The molecule has 0 saturated heterocycles. The average molecular weight is 505 g/mol. The second kappa shape index (κ2) is 10.4. The summed E-state index contributed by atoms with van der Waals surface area (Å²) in [4.78, 5) is 27.0. The lowest BCUT2D eigenvalue weighted by atomic mass is 10.1. The lowest BCUT2D eigenvalue weighted by Crippen LogP contribution is -2.13. The number of nitrogens with zero attached hydrogens (tertiary/aromatic N) is 4. The van der Waals surface area contributed by atoms with Crippen LogP contribution in [0.25, 0.3) is 22.7 Å². The van der Waals surface area contributed by atoms with Crippen LogP contribution in [0.1, 0.15) is 0 Å². The minimum absolute atomic E-state index is 0.000339. The molecule has 174 valence electrons. The van der Waals surface area contributed by atoms with Crippen LogP contribution in [-0.4, -0.2) is 38.4 Å². The zero-order valence-corrected chi connectivity index (χ0v) is 18.5. The van der Waals surface area contributed by atoms with Gasteiger partial charge in [-0.1, -0.05) is 23.9 Å². The van der Waals surface area contributed by atoms with Crippen LogP contribution < -0.4 is 10.1 Å². The Morgan fingerprint density at radius 2 is 2.00 bits per heavy atom. The first-order valence-electron chi connectivity index (χ1n) is 9.39. The van der Waals surface area contributed by atoms with Gasteiger partial charge in [-0.2, -0.15) is 8.78 Å². The second-order valence-electron chi connectivity index (χ2n) is 6.46. The van der Waals surface area contributed by atoms with E-state index in [0.717, 1.165) is 11.8 Å². The van der Waals surface area contributed by atoms with E-state index in [9.17, 15) is 23.7 Å². The maximum absolute atomic E-state index is 12.3. The minimum Gasteiger partial charge on any atom is -0.435 e. The summed E-state index contributed by atoms with van der Waals surface area (Å²) in [7, 11) is 0. The number of rotatable bonds is 9. The first-order valence-corrected chi connectivity index (χ1v) is 11.3. The number of amides is 1. The SMILES string of the molecule is O=C(CSc1nnc(-c2ccc(OC(F)F)cc2)o1)Nc1nc(-c2cccc([N+](=O)[O-])c2)cs1. The lowest BCUT2D eigenvalue weighted by Gasteiger charge is -2.03. The number of nitro benzene ring substituents is 1. The molecule has 4 rings (SSSR count). The molecule has 0 fully saturated rings. The van der Waals surface area contributed by atoms with Gasteiger partial charge in [-0.15, -0.1) is 21.5 Å². The van der Waals surface area contributed by atoms with E-state index in [1.807, 2.05) is 0 Å². The van der Waals surface area contributed by atoms with E-state index >= 15 is 0 Å². The molecule has 34 heavy (non-hydrogen) atoms. The number of aromatic nitrogens is 3. The number of ether oxygens (including phenoxy) is 1. The largest absolute Gasteiger partial charge is 0.435 e. The van der Waals surface area contributed by atoms with Crippen molar-refractivity contribution in [3.8, 4) is 28.5 Å². The number of hydrogen-bond donors (Lipinski definition) is 1. The number of benzene rings is 2. The summed E-state index contributed by atoms with van der Waals surface area (Å²) in [5, 5.41) is 23.5. The molecule has 14 heteroatoms. The summed E-state index contributed by atoms with van der Waals surface area (Å²) >= 11 is 2.19. The quantitative estimate of drug-likeness (QED) is 0.187. The molecule has 2 aromatic heterocycles. The molecule has 0 atom stereocenters. The minimum atomic E-state index is -2.92. The molecule has 0 aliphatic heterocycles. The Hall–Kier alpha value is -3.91. The van der Waals surface area contributed by atoms with Crippen molar-refractivity contribution in [3.05, 3.63) is 64.0 Å². The predicted octanol–water partition coefficient (Wildman–Crippen LogP) is 5.10. The van der Waals surface area contributed by atoms with Crippen molar-refractivity contribution < 1.29 is 27.7 Å². The molecule has 4 aromatic rings.